The minimum Gasteiger partial charge on any atom is -0.341 e. The molecule has 0 saturated carbocycles. The van der Waals surface area contributed by atoms with Crippen LogP contribution in [0.25, 0.3) is 0 Å². The van der Waals surface area contributed by atoms with E-state index in [0.717, 1.165) is 45.3 Å². The standard InChI is InChI=1S/C15H27N3O2/c1-15(2)7-6-8-16-13(15)14(20)17(3)11-12(19)18-9-4-5-10-18/h13,16H,4-11H2,1-3H3. The third kappa shape index (κ3) is 3.32. The highest BCUT2D eigenvalue weighted by atomic mass is 16.2. The fourth-order valence-electron chi connectivity index (χ4n) is 3.20. The molecule has 1 N–H and O–H groups in total. The molecular weight excluding hydrogens is 254 g/mol. The van der Waals surface area contributed by atoms with Crippen LogP contribution in [0, 0.1) is 5.41 Å². The zero-order valence-electron chi connectivity index (χ0n) is 12.9. The van der Waals surface area contributed by atoms with E-state index in [9.17, 15) is 9.59 Å². The summed E-state index contributed by atoms with van der Waals surface area (Å²) < 4.78 is 0. The van der Waals surface area contributed by atoms with Gasteiger partial charge >= 0.3 is 0 Å². The summed E-state index contributed by atoms with van der Waals surface area (Å²) in [7, 11) is 1.74. The van der Waals surface area contributed by atoms with Crippen molar-refractivity contribution >= 4 is 11.8 Å². The molecule has 5 nitrogen and oxygen atoms in total. The van der Waals surface area contributed by atoms with Crippen LogP contribution in [-0.2, 0) is 9.59 Å². The maximum absolute atomic E-state index is 12.6. The van der Waals surface area contributed by atoms with Crippen LogP contribution in [0.5, 0.6) is 0 Å². The Kier molecular flexibility index (Phi) is 4.68. The van der Waals surface area contributed by atoms with Crippen LogP contribution in [0.15, 0.2) is 0 Å². The summed E-state index contributed by atoms with van der Waals surface area (Å²) >= 11 is 0. The van der Waals surface area contributed by atoms with Crippen molar-refractivity contribution in [2.24, 2.45) is 5.41 Å². The summed E-state index contributed by atoms with van der Waals surface area (Å²) in [5.74, 6) is 0.120. The second kappa shape index (κ2) is 6.12. The summed E-state index contributed by atoms with van der Waals surface area (Å²) in [4.78, 5) is 28.1. The van der Waals surface area contributed by atoms with Crippen molar-refractivity contribution in [3.05, 3.63) is 0 Å². The van der Waals surface area contributed by atoms with Gasteiger partial charge in [-0.3, -0.25) is 9.59 Å². The lowest BCUT2D eigenvalue weighted by Gasteiger charge is -2.40. The van der Waals surface area contributed by atoms with Gasteiger partial charge in [-0.15, -0.1) is 0 Å². The molecule has 2 saturated heterocycles. The first-order chi connectivity index (χ1) is 9.42. The largest absolute Gasteiger partial charge is 0.341 e. The quantitative estimate of drug-likeness (QED) is 0.834. The zero-order valence-corrected chi connectivity index (χ0v) is 12.9. The van der Waals surface area contributed by atoms with Gasteiger partial charge in [0.15, 0.2) is 0 Å². The number of likely N-dealkylation sites (N-methyl/N-ethyl adjacent to an activating group) is 1. The molecule has 2 fully saturated rings. The highest BCUT2D eigenvalue weighted by Gasteiger charge is 2.38. The molecule has 0 radical (unpaired) electrons. The first kappa shape index (κ1) is 15.3. The Labute approximate surface area is 121 Å². The van der Waals surface area contributed by atoms with Gasteiger partial charge in [-0.05, 0) is 37.6 Å². The van der Waals surface area contributed by atoms with Gasteiger partial charge in [0, 0.05) is 20.1 Å². The number of amides is 2. The van der Waals surface area contributed by atoms with Crippen LogP contribution < -0.4 is 5.32 Å². The predicted octanol–water partition coefficient (Wildman–Crippen LogP) is 0.845. The van der Waals surface area contributed by atoms with Crippen molar-refractivity contribution in [1.29, 1.82) is 0 Å². The van der Waals surface area contributed by atoms with Crippen LogP contribution in [0.2, 0.25) is 0 Å². The Morgan fingerprint density at radius 1 is 1.25 bits per heavy atom. The number of nitrogens with one attached hydrogen (secondary N) is 1. The Bertz CT molecular complexity index is 375. The van der Waals surface area contributed by atoms with Gasteiger partial charge in [0.1, 0.15) is 0 Å². The van der Waals surface area contributed by atoms with Gasteiger partial charge < -0.3 is 15.1 Å². The number of rotatable bonds is 3. The number of carbonyl (C=O) groups excluding carboxylic acids is 2. The van der Waals surface area contributed by atoms with Gasteiger partial charge in [0.25, 0.3) is 0 Å². The smallest absolute Gasteiger partial charge is 0.242 e. The molecule has 1 unspecified atom stereocenters. The van der Waals surface area contributed by atoms with Gasteiger partial charge in [-0.2, -0.15) is 0 Å². The SMILES string of the molecule is CN(CC(=O)N1CCCC1)C(=O)C1NCCCC1(C)C. The van der Waals surface area contributed by atoms with Crippen molar-refractivity contribution in [2.45, 2.75) is 45.6 Å². The molecule has 0 aliphatic carbocycles. The summed E-state index contributed by atoms with van der Waals surface area (Å²) in [6, 6.07) is -0.173. The molecule has 2 rings (SSSR count). The molecule has 114 valence electrons. The third-order valence-corrected chi connectivity index (χ3v) is 4.58. The topological polar surface area (TPSA) is 52.7 Å². The molecule has 0 aromatic heterocycles. The van der Waals surface area contributed by atoms with Gasteiger partial charge in [0.2, 0.25) is 11.8 Å². The van der Waals surface area contributed by atoms with E-state index in [0.29, 0.717) is 0 Å². The molecule has 2 amide bonds. The number of carbonyl (C=O) groups is 2. The van der Waals surface area contributed by atoms with Gasteiger partial charge in [-0.25, -0.2) is 0 Å². The van der Waals surface area contributed by atoms with Crippen molar-refractivity contribution in [3.63, 3.8) is 0 Å². The summed E-state index contributed by atoms with van der Waals surface area (Å²) in [5.41, 5.74) is -0.0414. The first-order valence-corrected chi connectivity index (χ1v) is 7.68. The zero-order chi connectivity index (χ0) is 14.8. The third-order valence-electron chi connectivity index (χ3n) is 4.58. The Morgan fingerprint density at radius 2 is 1.90 bits per heavy atom. The molecule has 0 spiro atoms. The molecule has 5 heteroatoms. The van der Waals surface area contributed by atoms with Crippen LogP contribution in [0.3, 0.4) is 0 Å². The van der Waals surface area contributed by atoms with E-state index in [1.807, 2.05) is 4.90 Å². The lowest BCUT2D eigenvalue weighted by atomic mass is 9.77. The normalized spacial score (nSPS) is 25.6. The summed E-state index contributed by atoms with van der Waals surface area (Å²) in [6.07, 6.45) is 4.32. The van der Waals surface area contributed by atoms with Crippen molar-refractivity contribution < 1.29 is 9.59 Å². The Hall–Kier alpha value is -1.10. The minimum atomic E-state index is -0.173. The van der Waals surface area contributed by atoms with E-state index < -0.39 is 0 Å². The molecule has 2 heterocycles. The van der Waals surface area contributed by atoms with E-state index in [2.05, 4.69) is 19.2 Å². The summed E-state index contributed by atoms with van der Waals surface area (Å²) in [6.45, 7) is 7.01. The van der Waals surface area contributed by atoms with E-state index >= 15 is 0 Å². The van der Waals surface area contributed by atoms with Crippen LogP contribution in [-0.4, -0.2) is 60.9 Å². The number of nitrogens with zero attached hydrogens (tertiary/aromatic N) is 2. The maximum atomic E-state index is 12.6. The molecule has 2 aliphatic heterocycles. The Balaban J connectivity index is 1.92. The number of piperidine rings is 1. The molecule has 0 aromatic carbocycles. The number of hydrogen-bond acceptors (Lipinski definition) is 3. The second-order valence-electron chi connectivity index (χ2n) is 6.76. The molecule has 0 aromatic rings. The maximum Gasteiger partial charge on any atom is 0.242 e. The second-order valence-corrected chi connectivity index (χ2v) is 6.76. The molecule has 20 heavy (non-hydrogen) atoms. The Morgan fingerprint density at radius 3 is 2.50 bits per heavy atom. The van der Waals surface area contributed by atoms with Gasteiger partial charge in [-0.1, -0.05) is 13.8 Å². The van der Waals surface area contributed by atoms with Gasteiger partial charge in [0.05, 0.1) is 12.6 Å². The van der Waals surface area contributed by atoms with Crippen molar-refractivity contribution in [1.82, 2.24) is 15.1 Å². The van der Waals surface area contributed by atoms with E-state index in [1.165, 1.54) is 0 Å². The van der Waals surface area contributed by atoms with E-state index in [-0.39, 0.29) is 29.8 Å². The predicted molar refractivity (Wildman–Crippen MR) is 78.3 cm³/mol. The molecular formula is C15H27N3O2. The van der Waals surface area contributed by atoms with Crippen molar-refractivity contribution in [2.75, 3.05) is 33.2 Å². The first-order valence-electron chi connectivity index (χ1n) is 7.68. The molecule has 1 atom stereocenters. The van der Waals surface area contributed by atoms with Crippen molar-refractivity contribution in [3.8, 4) is 0 Å². The number of likely N-dealkylation sites (tertiary alicyclic amines) is 1. The fraction of sp³-hybridized carbons (Fsp3) is 0.867. The molecule has 0 bridgehead atoms. The molecule has 2 aliphatic rings. The van der Waals surface area contributed by atoms with E-state index in [1.54, 1.807) is 11.9 Å². The average Bonchev–Trinajstić information content (AvgIpc) is 2.91. The fourth-order valence-corrected chi connectivity index (χ4v) is 3.20. The van der Waals surface area contributed by atoms with E-state index in [4.69, 9.17) is 0 Å². The average molecular weight is 281 g/mol. The lowest BCUT2D eigenvalue weighted by Crippen LogP contribution is -2.57. The van der Waals surface area contributed by atoms with Crippen LogP contribution in [0.4, 0.5) is 0 Å². The summed E-state index contributed by atoms with van der Waals surface area (Å²) in [5, 5.41) is 3.32. The van der Waals surface area contributed by atoms with Crippen LogP contribution in [0.1, 0.15) is 39.5 Å². The highest BCUT2D eigenvalue weighted by Crippen LogP contribution is 2.30. The monoisotopic (exact) mass is 281 g/mol. The lowest BCUT2D eigenvalue weighted by molar-refractivity contribution is -0.142. The highest BCUT2D eigenvalue weighted by molar-refractivity contribution is 5.88. The van der Waals surface area contributed by atoms with Crippen LogP contribution >= 0.6 is 0 Å². The number of hydrogen-bond donors (Lipinski definition) is 1. The minimum absolute atomic E-state index is 0.0414.